The highest BCUT2D eigenvalue weighted by molar-refractivity contribution is 7.99. The number of hydrogen-bond donors (Lipinski definition) is 1. The van der Waals surface area contributed by atoms with Crippen molar-refractivity contribution in [2.45, 2.75) is 12.8 Å². The zero-order chi connectivity index (χ0) is 7.40. The minimum absolute atomic E-state index is 0.825. The highest BCUT2D eigenvalue weighted by Crippen LogP contribution is 2.25. The molecule has 1 aliphatic heterocycles. The quantitative estimate of drug-likeness (QED) is 0.634. The Bertz CT molecular complexity index is 91.6. The summed E-state index contributed by atoms with van der Waals surface area (Å²) in [6.07, 6.45) is 2.50. The van der Waals surface area contributed by atoms with Crippen molar-refractivity contribution in [2.75, 3.05) is 25.1 Å². The van der Waals surface area contributed by atoms with Crippen molar-refractivity contribution in [1.82, 2.24) is 5.06 Å². The Balaban J connectivity index is 2.01. The van der Waals surface area contributed by atoms with E-state index < -0.39 is 0 Å². The summed E-state index contributed by atoms with van der Waals surface area (Å²) >= 11 is 2.03. The Morgan fingerprint density at radius 3 is 3.00 bits per heavy atom. The van der Waals surface area contributed by atoms with Crippen LogP contribution in [0.2, 0.25) is 0 Å². The van der Waals surface area contributed by atoms with Gasteiger partial charge in [0.25, 0.3) is 0 Å². The number of nitrogens with zero attached hydrogens (tertiary/aromatic N) is 1. The van der Waals surface area contributed by atoms with Crippen LogP contribution in [0.15, 0.2) is 0 Å². The average Bonchev–Trinajstić information content (AvgIpc) is 2.34. The minimum atomic E-state index is 0.825. The van der Waals surface area contributed by atoms with Crippen LogP contribution in [0.1, 0.15) is 12.8 Å². The van der Waals surface area contributed by atoms with Crippen molar-refractivity contribution < 1.29 is 5.21 Å². The smallest absolute Gasteiger partial charge is 0.0237 e. The topological polar surface area (TPSA) is 23.5 Å². The molecule has 0 saturated carbocycles. The molecule has 1 rings (SSSR count). The third-order valence-corrected chi connectivity index (χ3v) is 3.12. The lowest BCUT2D eigenvalue weighted by Crippen LogP contribution is -2.17. The van der Waals surface area contributed by atoms with E-state index in [1.54, 1.807) is 7.05 Å². The molecule has 0 aliphatic carbocycles. The number of rotatable bonds is 3. The van der Waals surface area contributed by atoms with E-state index in [0.29, 0.717) is 0 Å². The second kappa shape index (κ2) is 4.21. The first-order chi connectivity index (χ1) is 4.79. The molecule has 1 heterocycles. The van der Waals surface area contributed by atoms with Crippen LogP contribution in [0.4, 0.5) is 0 Å². The molecule has 1 atom stereocenters. The fourth-order valence-corrected chi connectivity index (χ4v) is 2.51. The Morgan fingerprint density at radius 2 is 2.50 bits per heavy atom. The number of hydrogen-bond acceptors (Lipinski definition) is 3. The van der Waals surface area contributed by atoms with Gasteiger partial charge in [-0.2, -0.15) is 16.8 Å². The van der Waals surface area contributed by atoms with E-state index in [9.17, 15) is 0 Å². The van der Waals surface area contributed by atoms with Gasteiger partial charge in [-0.05, 0) is 30.3 Å². The molecule has 1 fully saturated rings. The van der Waals surface area contributed by atoms with Gasteiger partial charge in [0, 0.05) is 13.6 Å². The predicted molar refractivity (Wildman–Crippen MR) is 44.5 cm³/mol. The van der Waals surface area contributed by atoms with E-state index in [1.807, 2.05) is 11.8 Å². The molecule has 1 N–H and O–H groups in total. The lowest BCUT2D eigenvalue weighted by Gasteiger charge is -2.11. The summed E-state index contributed by atoms with van der Waals surface area (Å²) < 4.78 is 0. The summed E-state index contributed by atoms with van der Waals surface area (Å²) in [7, 11) is 1.71. The van der Waals surface area contributed by atoms with E-state index in [2.05, 4.69) is 0 Å². The van der Waals surface area contributed by atoms with E-state index in [4.69, 9.17) is 5.21 Å². The van der Waals surface area contributed by atoms with E-state index in [-0.39, 0.29) is 0 Å². The van der Waals surface area contributed by atoms with Crippen molar-refractivity contribution in [3.05, 3.63) is 0 Å². The van der Waals surface area contributed by atoms with Gasteiger partial charge in [0.1, 0.15) is 0 Å². The molecular formula is C7H15NOS. The van der Waals surface area contributed by atoms with Crippen LogP contribution in [0.25, 0.3) is 0 Å². The molecule has 2 nitrogen and oxygen atoms in total. The van der Waals surface area contributed by atoms with Gasteiger partial charge in [-0.25, -0.2) is 0 Å². The van der Waals surface area contributed by atoms with Gasteiger partial charge in [0.05, 0.1) is 0 Å². The lowest BCUT2D eigenvalue weighted by atomic mass is 10.1. The maximum absolute atomic E-state index is 8.84. The van der Waals surface area contributed by atoms with E-state index in [1.165, 1.54) is 23.0 Å². The molecule has 1 saturated heterocycles. The summed E-state index contributed by atoms with van der Waals surface area (Å²) in [5, 5.41) is 10.1. The van der Waals surface area contributed by atoms with Crippen molar-refractivity contribution >= 4 is 11.8 Å². The van der Waals surface area contributed by atoms with Gasteiger partial charge in [-0.1, -0.05) is 0 Å². The Kier molecular flexibility index (Phi) is 3.52. The monoisotopic (exact) mass is 161 g/mol. The van der Waals surface area contributed by atoms with E-state index >= 15 is 0 Å². The fraction of sp³-hybridized carbons (Fsp3) is 1.00. The van der Waals surface area contributed by atoms with Crippen LogP contribution in [0.5, 0.6) is 0 Å². The third kappa shape index (κ3) is 2.90. The highest BCUT2D eigenvalue weighted by Gasteiger charge is 2.14. The van der Waals surface area contributed by atoms with Gasteiger partial charge in [0.15, 0.2) is 0 Å². The highest BCUT2D eigenvalue weighted by atomic mass is 32.2. The van der Waals surface area contributed by atoms with Crippen molar-refractivity contribution in [3.63, 3.8) is 0 Å². The second-order valence-electron chi connectivity index (χ2n) is 2.90. The maximum Gasteiger partial charge on any atom is 0.0237 e. The molecule has 10 heavy (non-hydrogen) atoms. The zero-order valence-electron chi connectivity index (χ0n) is 6.42. The molecular weight excluding hydrogens is 146 g/mol. The first-order valence-corrected chi connectivity index (χ1v) is 4.92. The Hall–Kier alpha value is 0.270. The summed E-state index contributed by atoms with van der Waals surface area (Å²) in [6, 6.07) is 0. The van der Waals surface area contributed by atoms with Crippen molar-refractivity contribution in [1.29, 1.82) is 0 Å². The summed E-state index contributed by atoms with van der Waals surface area (Å²) in [4.78, 5) is 0. The van der Waals surface area contributed by atoms with Crippen LogP contribution in [-0.2, 0) is 0 Å². The molecule has 0 aromatic rings. The Morgan fingerprint density at radius 1 is 1.70 bits per heavy atom. The van der Waals surface area contributed by atoms with E-state index in [0.717, 1.165) is 18.9 Å². The summed E-state index contributed by atoms with van der Waals surface area (Å²) in [6.45, 7) is 0.825. The van der Waals surface area contributed by atoms with Crippen LogP contribution in [-0.4, -0.2) is 35.4 Å². The van der Waals surface area contributed by atoms with Crippen LogP contribution >= 0.6 is 11.8 Å². The largest absolute Gasteiger partial charge is 0.314 e. The van der Waals surface area contributed by atoms with Crippen LogP contribution in [0.3, 0.4) is 0 Å². The van der Waals surface area contributed by atoms with Crippen molar-refractivity contribution in [2.24, 2.45) is 5.92 Å². The molecule has 0 spiro atoms. The van der Waals surface area contributed by atoms with Crippen LogP contribution in [0, 0.1) is 5.92 Å². The number of thioether (sulfide) groups is 1. The SMILES string of the molecule is CN(O)CCC1CCSC1. The van der Waals surface area contributed by atoms with Crippen LogP contribution < -0.4 is 0 Å². The van der Waals surface area contributed by atoms with Gasteiger partial charge in [0.2, 0.25) is 0 Å². The first kappa shape index (κ1) is 8.37. The van der Waals surface area contributed by atoms with Gasteiger partial charge >= 0.3 is 0 Å². The second-order valence-corrected chi connectivity index (χ2v) is 4.05. The molecule has 3 heteroatoms. The lowest BCUT2D eigenvalue weighted by molar-refractivity contribution is -0.0675. The third-order valence-electron chi connectivity index (χ3n) is 1.88. The minimum Gasteiger partial charge on any atom is -0.314 e. The average molecular weight is 161 g/mol. The molecule has 60 valence electrons. The molecule has 0 amide bonds. The molecule has 0 aromatic heterocycles. The van der Waals surface area contributed by atoms with Gasteiger partial charge in [-0.3, -0.25) is 0 Å². The fourth-order valence-electron chi connectivity index (χ4n) is 1.18. The Labute approximate surface area is 66.6 Å². The predicted octanol–water partition coefficient (Wildman–Crippen LogP) is 1.45. The molecule has 0 bridgehead atoms. The molecule has 0 aromatic carbocycles. The van der Waals surface area contributed by atoms with Gasteiger partial charge in [-0.15, -0.1) is 0 Å². The summed E-state index contributed by atoms with van der Waals surface area (Å²) in [5.74, 6) is 3.48. The van der Waals surface area contributed by atoms with Gasteiger partial charge < -0.3 is 5.21 Å². The maximum atomic E-state index is 8.84. The summed E-state index contributed by atoms with van der Waals surface area (Å²) in [5.41, 5.74) is 0. The standard InChI is InChI=1S/C7H15NOS/c1-8(9)4-2-7-3-5-10-6-7/h7,9H,2-6H2,1H3. The molecule has 0 radical (unpaired) electrons. The molecule has 1 unspecified atom stereocenters. The molecule has 1 aliphatic rings. The number of hydroxylamine groups is 2. The van der Waals surface area contributed by atoms with Crippen molar-refractivity contribution in [3.8, 4) is 0 Å². The zero-order valence-corrected chi connectivity index (χ0v) is 7.23. The first-order valence-electron chi connectivity index (χ1n) is 3.77. The normalized spacial score (nSPS) is 26.1.